The fraction of sp³-hybridized carbons (Fsp3) is 0.429. The molecule has 1 saturated heterocycles. The number of nitrogens with two attached hydrogens (primary N) is 1. The van der Waals surface area contributed by atoms with Gasteiger partial charge >= 0.3 is 5.97 Å². The van der Waals surface area contributed by atoms with Crippen LogP contribution >= 0.6 is 0 Å². The van der Waals surface area contributed by atoms with Gasteiger partial charge in [0, 0.05) is 6.54 Å². The quantitative estimate of drug-likeness (QED) is 0.660. The normalized spacial score (nSPS) is 17.9. The third-order valence-electron chi connectivity index (χ3n) is 3.50. The zero-order valence-electron chi connectivity index (χ0n) is 11.6. The maximum atomic E-state index is 12.5. The second kappa shape index (κ2) is 5.81. The predicted octanol–water partition coefficient (Wildman–Crippen LogP) is 1.05. The molecule has 0 saturated carbocycles. The van der Waals surface area contributed by atoms with E-state index in [1.54, 1.807) is 18.2 Å². The molecule has 1 aliphatic heterocycles. The average molecular weight is 278 g/mol. The van der Waals surface area contributed by atoms with Crippen LogP contribution < -0.4 is 10.5 Å². The molecule has 0 aliphatic carbocycles. The van der Waals surface area contributed by atoms with Gasteiger partial charge in [0.1, 0.15) is 11.8 Å². The minimum Gasteiger partial charge on any atom is -0.495 e. The van der Waals surface area contributed by atoms with Crippen LogP contribution in [0.2, 0.25) is 0 Å². The van der Waals surface area contributed by atoms with Crippen LogP contribution in [0.3, 0.4) is 0 Å². The predicted molar refractivity (Wildman–Crippen MR) is 73.5 cm³/mol. The molecule has 2 rings (SSSR count). The van der Waals surface area contributed by atoms with Crippen molar-refractivity contribution < 1.29 is 19.1 Å². The van der Waals surface area contributed by atoms with E-state index in [1.165, 1.54) is 19.1 Å². The Morgan fingerprint density at radius 1 is 1.35 bits per heavy atom. The summed E-state index contributed by atoms with van der Waals surface area (Å²) in [7, 11) is 2.82. The monoisotopic (exact) mass is 278 g/mol. The highest BCUT2D eigenvalue weighted by Crippen LogP contribution is 2.28. The third kappa shape index (κ3) is 2.41. The van der Waals surface area contributed by atoms with Crippen molar-refractivity contribution in [3.63, 3.8) is 0 Å². The van der Waals surface area contributed by atoms with E-state index in [0.29, 0.717) is 24.3 Å². The van der Waals surface area contributed by atoms with Gasteiger partial charge < -0.3 is 20.1 Å². The largest absolute Gasteiger partial charge is 0.495 e. The van der Waals surface area contributed by atoms with Crippen LogP contribution in [0.25, 0.3) is 0 Å². The van der Waals surface area contributed by atoms with E-state index in [1.807, 2.05) is 0 Å². The SMILES string of the molecule is COC(=O)C1CCCN1C(=O)c1cccc(OC)c1N. The summed E-state index contributed by atoms with van der Waals surface area (Å²) in [6.45, 7) is 0.523. The summed E-state index contributed by atoms with van der Waals surface area (Å²) in [5.74, 6) is -0.212. The van der Waals surface area contributed by atoms with Crippen molar-refractivity contribution in [3.05, 3.63) is 23.8 Å². The summed E-state index contributed by atoms with van der Waals surface area (Å²) >= 11 is 0. The van der Waals surface area contributed by atoms with Gasteiger partial charge in [0.05, 0.1) is 25.5 Å². The molecule has 108 valence electrons. The number of hydrogen-bond donors (Lipinski definition) is 1. The average Bonchev–Trinajstić information content (AvgIpc) is 2.95. The summed E-state index contributed by atoms with van der Waals surface area (Å²) in [6, 6.07) is 4.49. The minimum atomic E-state index is -0.530. The molecule has 0 aromatic heterocycles. The Morgan fingerprint density at radius 2 is 2.10 bits per heavy atom. The lowest BCUT2D eigenvalue weighted by Crippen LogP contribution is -2.41. The standard InChI is InChI=1S/C14H18N2O4/c1-19-11-7-3-5-9(12(11)15)13(17)16-8-4-6-10(16)14(18)20-2/h3,5,7,10H,4,6,8,15H2,1-2H3. The van der Waals surface area contributed by atoms with Crippen molar-refractivity contribution in [2.75, 3.05) is 26.5 Å². The molecule has 0 bridgehead atoms. The fourth-order valence-electron chi connectivity index (χ4n) is 2.45. The van der Waals surface area contributed by atoms with Gasteiger partial charge in [-0.15, -0.1) is 0 Å². The molecule has 1 aromatic rings. The summed E-state index contributed by atoms with van der Waals surface area (Å²) in [6.07, 6.45) is 1.39. The first-order valence-electron chi connectivity index (χ1n) is 6.41. The number of amides is 1. The van der Waals surface area contributed by atoms with E-state index in [2.05, 4.69) is 0 Å². The number of carbonyl (C=O) groups is 2. The van der Waals surface area contributed by atoms with Crippen LogP contribution in [0.1, 0.15) is 23.2 Å². The number of para-hydroxylation sites is 1. The van der Waals surface area contributed by atoms with Crippen molar-refractivity contribution in [1.82, 2.24) is 4.90 Å². The summed E-state index contributed by atoms with van der Waals surface area (Å²) in [5.41, 5.74) is 6.56. The zero-order chi connectivity index (χ0) is 14.7. The molecule has 0 spiro atoms. The number of benzene rings is 1. The van der Waals surface area contributed by atoms with Gasteiger partial charge in [-0.25, -0.2) is 4.79 Å². The Balaban J connectivity index is 2.29. The molecular weight excluding hydrogens is 260 g/mol. The number of esters is 1. The van der Waals surface area contributed by atoms with Gasteiger partial charge in [0.25, 0.3) is 5.91 Å². The Bertz CT molecular complexity index is 530. The molecule has 1 aliphatic rings. The first-order chi connectivity index (χ1) is 9.60. The van der Waals surface area contributed by atoms with E-state index in [-0.39, 0.29) is 11.6 Å². The first kappa shape index (κ1) is 14.2. The molecule has 6 heteroatoms. The molecule has 1 amide bonds. The first-order valence-corrected chi connectivity index (χ1v) is 6.41. The van der Waals surface area contributed by atoms with Crippen molar-refractivity contribution in [1.29, 1.82) is 0 Å². The van der Waals surface area contributed by atoms with E-state index in [4.69, 9.17) is 15.2 Å². The third-order valence-corrected chi connectivity index (χ3v) is 3.50. The summed E-state index contributed by atoms with van der Waals surface area (Å²) in [4.78, 5) is 25.8. The highest BCUT2D eigenvalue weighted by Gasteiger charge is 2.36. The Hall–Kier alpha value is -2.24. The van der Waals surface area contributed by atoms with Gasteiger partial charge in [-0.2, -0.15) is 0 Å². The smallest absolute Gasteiger partial charge is 0.328 e. The minimum absolute atomic E-state index is 0.269. The molecule has 20 heavy (non-hydrogen) atoms. The maximum Gasteiger partial charge on any atom is 0.328 e. The van der Waals surface area contributed by atoms with Crippen molar-refractivity contribution in [2.45, 2.75) is 18.9 Å². The molecule has 1 unspecified atom stereocenters. The summed E-state index contributed by atoms with van der Waals surface area (Å²) < 4.78 is 9.84. The number of likely N-dealkylation sites (tertiary alicyclic amines) is 1. The summed E-state index contributed by atoms with van der Waals surface area (Å²) in [5, 5.41) is 0. The van der Waals surface area contributed by atoms with Crippen LogP contribution in [0.5, 0.6) is 5.75 Å². The van der Waals surface area contributed by atoms with Gasteiger partial charge in [-0.3, -0.25) is 4.79 Å². The molecule has 1 heterocycles. The second-order valence-electron chi connectivity index (χ2n) is 4.60. The lowest BCUT2D eigenvalue weighted by molar-refractivity contribution is -0.145. The van der Waals surface area contributed by atoms with E-state index in [9.17, 15) is 9.59 Å². The fourth-order valence-corrected chi connectivity index (χ4v) is 2.45. The number of rotatable bonds is 3. The number of nitrogen functional groups attached to an aromatic ring is 1. The lowest BCUT2D eigenvalue weighted by Gasteiger charge is -2.23. The zero-order valence-corrected chi connectivity index (χ0v) is 11.6. The van der Waals surface area contributed by atoms with Gasteiger partial charge in [0.2, 0.25) is 0 Å². The topological polar surface area (TPSA) is 81.9 Å². The van der Waals surface area contributed by atoms with Crippen molar-refractivity contribution >= 4 is 17.6 Å². The Morgan fingerprint density at radius 3 is 2.75 bits per heavy atom. The Kier molecular flexibility index (Phi) is 4.12. The van der Waals surface area contributed by atoms with Crippen LogP contribution in [-0.4, -0.2) is 43.6 Å². The molecule has 2 N–H and O–H groups in total. The number of nitrogens with zero attached hydrogens (tertiary/aromatic N) is 1. The maximum absolute atomic E-state index is 12.5. The number of methoxy groups -OCH3 is 2. The van der Waals surface area contributed by atoms with Crippen molar-refractivity contribution in [3.8, 4) is 5.75 Å². The van der Waals surface area contributed by atoms with Crippen LogP contribution in [0, 0.1) is 0 Å². The van der Waals surface area contributed by atoms with Crippen LogP contribution in [0.4, 0.5) is 5.69 Å². The van der Waals surface area contributed by atoms with Gasteiger partial charge in [0.15, 0.2) is 0 Å². The highest BCUT2D eigenvalue weighted by atomic mass is 16.5. The van der Waals surface area contributed by atoms with Gasteiger partial charge in [-0.1, -0.05) is 6.07 Å². The number of hydrogen-bond acceptors (Lipinski definition) is 5. The van der Waals surface area contributed by atoms with Crippen molar-refractivity contribution in [2.24, 2.45) is 0 Å². The Labute approximate surface area is 117 Å². The highest BCUT2D eigenvalue weighted by molar-refractivity contribution is 6.02. The van der Waals surface area contributed by atoms with E-state index >= 15 is 0 Å². The second-order valence-corrected chi connectivity index (χ2v) is 4.60. The molecule has 6 nitrogen and oxygen atoms in total. The molecule has 0 radical (unpaired) electrons. The lowest BCUT2D eigenvalue weighted by atomic mass is 10.1. The van der Waals surface area contributed by atoms with E-state index in [0.717, 1.165) is 6.42 Å². The molecule has 1 aromatic carbocycles. The van der Waals surface area contributed by atoms with Crippen LogP contribution in [-0.2, 0) is 9.53 Å². The molecule has 1 atom stereocenters. The van der Waals surface area contributed by atoms with E-state index < -0.39 is 12.0 Å². The molecular formula is C14H18N2O4. The number of carbonyl (C=O) groups excluding carboxylic acids is 2. The van der Waals surface area contributed by atoms with Gasteiger partial charge in [-0.05, 0) is 25.0 Å². The van der Waals surface area contributed by atoms with Crippen LogP contribution in [0.15, 0.2) is 18.2 Å². The molecule has 1 fully saturated rings. The number of ether oxygens (including phenoxy) is 2. The number of anilines is 1.